The molecular formula is C7H7N3OS. The fraction of sp³-hybridized carbons (Fsp3) is 0.143. The van der Waals surface area contributed by atoms with Crippen LogP contribution in [0.5, 0.6) is 0 Å². The van der Waals surface area contributed by atoms with Gasteiger partial charge in [-0.05, 0) is 0 Å². The Hall–Kier alpha value is -1.23. The second-order valence-electron chi connectivity index (χ2n) is 2.40. The van der Waals surface area contributed by atoms with Crippen LogP contribution in [0.4, 0.5) is 0 Å². The lowest BCUT2D eigenvalue weighted by molar-refractivity contribution is 0.888. The van der Waals surface area contributed by atoms with Crippen molar-refractivity contribution in [2.45, 2.75) is 5.75 Å². The molecule has 62 valence electrons. The van der Waals surface area contributed by atoms with Gasteiger partial charge in [0.05, 0.1) is 5.69 Å². The van der Waals surface area contributed by atoms with Gasteiger partial charge in [0, 0.05) is 24.1 Å². The number of thiol groups is 1. The van der Waals surface area contributed by atoms with Gasteiger partial charge in [-0.25, -0.2) is 9.50 Å². The molecule has 0 aliphatic heterocycles. The molecule has 4 nitrogen and oxygen atoms in total. The van der Waals surface area contributed by atoms with E-state index >= 15 is 0 Å². The number of hydrogen-bond acceptors (Lipinski definition) is 3. The number of H-pyrrole nitrogens is 1. The number of nitrogens with zero attached hydrogens (tertiary/aromatic N) is 2. The van der Waals surface area contributed by atoms with Gasteiger partial charge < -0.3 is 0 Å². The summed E-state index contributed by atoms with van der Waals surface area (Å²) in [5, 5.41) is 2.76. The number of nitrogens with one attached hydrogen (secondary N) is 1. The fourth-order valence-corrected chi connectivity index (χ4v) is 1.22. The van der Waals surface area contributed by atoms with E-state index in [1.54, 1.807) is 12.3 Å². The van der Waals surface area contributed by atoms with Gasteiger partial charge in [-0.3, -0.25) is 9.89 Å². The zero-order chi connectivity index (χ0) is 8.55. The maximum absolute atomic E-state index is 11.3. The van der Waals surface area contributed by atoms with Crippen LogP contribution in [0, 0.1) is 0 Å². The van der Waals surface area contributed by atoms with E-state index in [0.717, 1.165) is 0 Å². The van der Waals surface area contributed by atoms with Crippen molar-refractivity contribution in [3.8, 4) is 0 Å². The molecule has 0 saturated carbocycles. The minimum absolute atomic E-state index is 0.103. The highest BCUT2D eigenvalue weighted by Gasteiger charge is 1.99. The van der Waals surface area contributed by atoms with Gasteiger partial charge in [-0.15, -0.1) is 0 Å². The molecule has 0 bridgehead atoms. The summed E-state index contributed by atoms with van der Waals surface area (Å²) in [6.45, 7) is 0. The molecule has 1 N–H and O–H groups in total. The lowest BCUT2D eigenvalue weighted by atomic mass is 10.4. The highest BCUT2D eigenvalue weighted by atomic mass is 32.1. The fourth-order valence-electron chi connectivity index (χ4n) is 1.06. The largest absolute Gasteiger partial charge is 0.297 e. The van der Waals surface area contributed by atoms with Crippen molar-refractivity contribution in [3.63, 3.8) is 0 Å². The highest BCUT2D eigenvalue weighted by molar-refractivity contribution is 7.79. The summed E-state index contributed by atoms with van der Waals surface area (Å²) in [5.74, 6) is 0.483. The molecule has 0 aliphatic rings. The molecule has 0 fully saturated rings. The Morgan fingerprint density at radius 2 is 2.50 bits per heavy atom. The van der Waals surface area contributed by atoms with E-state index < -0.39 is 0 Å². The summed E-state index contributed by atoms with van der Waals surface area (Å²) in [7, 11) is 0. The molecular weight excluding hydrogens is 174 g/mol. The van der Waals surface area contributed by atoms with Gasteiger partial charge in [0.1, 0.15) is 0 Å². The molecule has 0 spiro atoms. The summed E-state index contributed by atoms with van der Waals surface area (Å²) in [5.41, 5.74) is 1.23. The monoisotopic (exact) mass is 181 g/mol. The van der Waals surface area contributed by atoms with Crippen LogP contribution in [0.3, 0.4) is 0 Å². The van der Waals surface area contributed by atoms with Gasteiger partial charge in [-0.1, -0.05) is 0 Å². The molecule has 2 aromatic heterocycles. The van der Waals surface area contributed by atoms with Crippen LogP contribution in [0.1, 0.15) is 5.69 Å². The second kappa shape index (κ2) is 2.67. The molecule has 5 heteroatoms. The highest BCUT2D eigenvalue weighted by Crippen LogP contribution is 1.99. The van der Waals surface area contributed by atoms with Crippen molar-refractivity contribution in [2.24, 2.45) is 0 Å². The van der Waals surface area contributed by atoms with Crippen LogP contribution in [-0.2, 0) is 5.75 Å². The van der Waals surface area contributed by atoms with Crippen molar-refractivity contribution in [2.75, 3.05) is 0 Å². The molecule has 0 saturated heterocycles. The van der Waals surface area contributed by atoms with E-state index in [2.05, 4.69) is 22.7 Å². The first kappa shape index (κ1) is 7.42. The van der Waals surface area contributed by atoms with Gasteiger partial charge in [0.15, 0.2) is 5.65 Å². The Balaban J connectivity index is 2.84. The Morgan fingerprint density at radius 3 is 3.25 bits per heavy atom. The van der Waals surface area contributed by atoms with E-state index in [4.69, 9.17) is 0 Å². The third-order valence-electron chi connectivity index (χ3n) is 1.60. The number of aromatic nitrogens is 3. The van der Waals surface area contributed by atoms with Gasteiger partial charge >= 0.3 is 0 Å². The molecule has 0 aromatic carbocycles. The zero-order valence-electron chi connectivity index (χ0n) is 6.19. The van der Waals surface area contributed by atoms with E-state index in [-0.39, 0.29) is 5.56 Å². The summed E-state index contributed by atoms with van der Waals surface area (Å²) in [6.07, 6.45) is 1.67. The van der Waals surface area contributed by atoms with Crippen LogP contribution in [0.15, 0.2) is 23.1 Å². The van der Waals surface area contributed by atoms with Crippen molar-refractivity contribution < 1.29 is 0 Å². The predicted octanol–water partition coefficient (Wildman–Crippen LogP) is 0.452. The summed E-state index contributed by atoms with van der Waals surface area (Å²) in [4.78, 5) is 15.4. The van der Waals surface area contributed by atoms with Crippen molar-refractivity contribution in [1.82, 2.24) is 14.6 Å². The number of fused-ring (bicyclic) bond motifs is 1. The van der Waals surface area contributed by atoms with Crippen LogP contribution in [0.25, 0.3) is 5.65 Å². The molecule has 2 heterocycles. The van der Waals surface area contributed by atoms with Crippen molar-refractivity contribution >= 4 is 18.3 Å². The standard InChI is InChI=1S/C7H7N3OS/c11-7-3-5(4-12)9-6-1-2-8-10(6)7/h1-3,8,12H,4H2. The van der Waals surface area contributed by atoms with E-state index in [9.17, 15) is 4.79 Å². The molecule has 0 unspecified atom stereocenters. The maximum atomic E-state index is 11.3. The summed E-state index contributed by atoms with van der Waals surface area (Å²) in [6, 6.07) is 3.21. The smallest absolute Gasteiger partial charge is 0.272 e. The minimum Gasteiger partial charge on any atom is -0.297 e. The van der Waals surface area contributed by atoms with Crippen LogP contribution >= 0.6 is 12.6 Å². The second-order valence-corrected chi connectivity index (χ2v) is 2.72. The zero-order valence-corrected chi connectivity index (χ0v) is 7.08. The molecule has 0 radical (unpaired) electrons. The van der Waals surface area contributed by atoms with E-state index in [1.165, 1.54) is 10.6 Å². The Kier molecular flexibility index (Phi) is 1.65. The molecule has 2 rings (SSSR count). The average Bonchev–Trinajstić information content (AvgIpc) is 2.52. The number of hydrogen-bond donors (Lipinski definition) is 2. The Labute approximate surface area is 73.6 Å². The number of rotatable bonds is 1. The first-order valence-corrected chi connectivity index (χ1v) is 4.11. The normalized spacial score (nSPS) is 10.8. The Morgan fingerprint density at radius 1 is 1.67 bits per heavy atom. The van der Waals surface area contributed by atoms with Crippen molar-refractivity contribution in [3.05, 3.63) is 34.4 Å². The van der Waals surface area contributed by atoms with Crippen LogP contribution in [0.2, 0.25) is 0 Å². The number of aromatic amines is 1. The van der Waals surface area contributed by atoms with Crippen LogP contribution in [-0.4, -0.2) is 14.6 Å². The SMILES string of the molecule is O=c1cc(CS)nc2cc[nH]n12. The molecule has 0 aliphatic carbocycles. The van der Waals surface area contributed by atoms with E-state index in [1.807, 2.05) is 0 Å². The predicted molar refractivity (Wildman–Crippen MR) is 48.5 cm³/mol. The lowest BCUT2D eigenvalue weighted by Gasteiger charge is -1.94. The summed E-state index contributed by atoms with van der Waals surface area (Å²) < 4.78 is 1.38. The molecule has 0 atom stereocenters. The average molecular weight is 181 g/mol. The van der Waals surface area contributed by atoms with Gasteiger partial charge in [-0.2, -0.15) is 12.6 Å². The summed E-state index contributed by atoms with van der Waals surface area (Å²) >= 11 is 4.04. The van der Waals surface area contributed by atoms with Crippen molar-refractivity contribution in [1.29, 1.82) is 0 Å². The lowest BCUT2D eigenvalue weighted by Crippen LogP contribution is -2.14. The molecule has 12 heavy (non-hydrogen) atoms. The minimum atomic E-state index is -0.103. The quantitative estimate of drug-likeness (QED) is 0.628. The third kappa shape index (κ3) is 1.02. The first-order valence-electron chi connectivity index (χ1n) is 3.48. The van der Waals surface area contributed by atoms with Gasteiger partial charge in [0.2, 0.25) is 0 Å². The first-order chi connectivity index (χ1) is 5.81. The van der Waals surface area contributed by atoms with E-state index in [0.29, 0.717) is 17.1 Å². The Bertz CT molecular complexity index is 459. The van der Waals surface area contributed by atoms with Gasteiger partial charge in [0.25, 0.3) is 5.56 Å². The maximum Gasteiger partial charge on any atom is 0.272 e. The molecule has 0 amide bonds. The molecule has 2 aromatic rings. The topological polar surface area (TPSA) is 50.2 Å². The van der Waals surface area contributed by atoms with Crippen LogP contribution < -0.4 is 5.56 Å². The third-order valence-corrected chi connectivity index (χ3v) is 1.92.